The van der Waals surface area contributed by atoms with E-state index >= 15 is 0 Å². The first kappa shape index (κ1) is 11.7. The second kappa shape index (κ2) is 6.19. The molecule has 0 radical (unpaired) electrons. The Hall–Kier alpha value is -1.36. The molecule has 0 atom stereocenters. The minimum atomic E-state index is 0.00942. The van der Waals surface area contributed by atoms with Crippen molar-refractivity contribution in [1.82, 2.24) is 15.3 Å². The summed E-state index contributed by atoms with van der Waals surface area (Å²) in [6, 6.07) is 0. The second-order valence-electron chi connectivity index (χ2n) is 2.85. The van der Waals surface area contributed by atoms with Crippen molar-refractivity contribution in [2.75, 3.05) is 18.4 Å². The third kappa shape index (κ3) is 4.12. The Balaban J connectivity index is 2.32. The van der Waals surface area contributed by atoms with Gasteiger partial charge in [-0.1, -0.05) is 11.6 Å². The van der Waals surface area contributed by atoms with Gasteiger partial charge in [0.1, 0.15) is 17.2 Å². The van der Waals surface area contributed by atoms with Gasteiger partial charge < -0.3 is 10.6 Å². The van der Waals surface area contributed by atoms with Gasteiger partial charge in [-0.05, 0) is 6.92 Å². The molecule has 5 nitrogen and oxygen atoms in total. The van der Waals surface area contributed by atoms with Crippen LogP contribution in [0.1, 0.15) is 13.3 Å². The van der Waals surface area contributed by atoms with E-state index in [0.717, 1.165) is 0 Å². The van der Waals surface area contributed by atoms with Crippen LogP contribution < -0.4 is 10.6 Å². The Kier molecular flexibility index (Phi) is 4.83. The number of hydrogen-bond acceptors (Lipinski definition) is 4. The molecule has 0 saturated heterocycles. The van der Waals surface area contributed by atoms with Crippen molar-refractivity contribution < 1.29 is 4.79 Å². The molecular formula is C9H13ClN4O. The number of carbonyl (C=O) groups is 1. The lowest BCUT2D eigenvalue weighted by molar-refractivity contribution is -0.120. The summed E-state index contributed by atoms with van der Waals surface area (Å²) in [5, 5.41) is 6.11. The molecule has 1 aromatic heterocycles. The van der Waals surface area contributed by atoms with Crippen LogP contribution in [-0.4, -0.2) is 29.0 Å². The molecule has 0 bridgehead atoms. The summed E-state index contributed by atoms with van der Waals surface area (Å²) >= 11 is 5.81. The van der Waals surface area contributed by atoms with Crippen LogP contribution in [0.3, 0.4) is 0 Å². The van der Waals surface area contributed by atoms with Gasteiger partial charge in [0.2, 0.25) is 5.91 Å². The first-order valence-electron chi connectivity index (χ1n) is 4.70. The van der Waals surface area contributed by atoms with E-state index in [1.54, 1.807) is 0 Å². The van der Waals surface area contributed by atoms with Gasteiger partial charge in [0.15, 0.2) is 0 Å². The van der Waals surface area contributed by atoms with Gasteiger partial charge in [-0.3, -0.25) is 4.79 Å². The number of nitrogens with zero attached hydrogens (tertiary/aromatic N) is 2. The summed E-state index contributed by atoms with van der Waals surface area (Å²) < 4.78 is 0. The van der Waals surface area contributed by atoms with Crippen molar-refractivity contribution in [3.05, 3.63) is 17.5 Å². The number of anilines is 1. The Morgan fingerprint density at radius 3 is 3.07 bits per heavy atom. The molecule has 15 heavy (non-hydrogen) atoms. The maximum Gasteiger partial charge on any atom is 0.221 e. The zero-order chi connectivity index (χ0) is 11.1. The molecule has 1 rings (SSSR count). The molecule has 0 aliphatic rings. The summed E-state index contributed by atoms with van der Waals surface area (Å²) in [5.74, 6) is 0.561. The van der Waals surface area contributed by atoms with Crippen LogP contribution in [0.4, 0.5) is 5.82 Å². The molecule has 0 aromatic carbocycles. The average molecular weight is 229 g/mol. The van der Waals surface area contributed by atoms with Gasteiger partial charge >= 0.3 is 0 Å². The van der Waals surface area contributed by atoms with E-state index < -0.39 is 0 Å². The molecular weight excluding hydrogens is 216 g/mol. The van der Waals surface area contributed by atoms with Crippen molar-refractivity contribution in [2.45, 2.75) is 13.3 Å². The first-order valence-corrected chi connectivity index (χ1v) is 5.08. The maximum absolute atomic E-state index is 11.1. The van der Waals surface area contributed by atoms with Crippen LogP contribution in [0.5, 0.6) is 0 Å². The molecule has 0 aliphatic heterocycles. The van der Waals surface area contributed by atoms with Gasteiger partial charge in [0, 0.05) is 19.5 Å². The molecule has 0 fully saturated rings. The lowest BCUT2D eigenvalue weighted by Crippen LogP contribution is -2.24. The number of halogens is 1. The fourth-order valence-corrected chi connectivity index (χ4v) is 1.19. The van der Waals surface area contributed by atoms with E-state index in [2.05, 4.69) is 20.6 Å². The van der Waals surface area contributed by atoms with Crippen molar-refractivity contribution in [3.63, 3.8) is 0 Å². The summed E-state index contributed by atoms with van der Waals surface area (Å²) in [6.45, 7) is 3.03. The molecule has 82 valence electrons. The zero-order valence-electron chi connectivity index (χ0n) is 8.46. The van der Waals surface area contributed by atoms with E-state index in [1.165, 1.54) is 12.5 Å². The Labute approximate surface area is 93.3 Å². The highest BCUT2D eigenvalue weighted by molar-refractivity contribution is 6.32. The smallest absolute Gasteiger partial charge is 0.221 e. The lowest BCUT2D eigenvalue weighted by atomic mass is 10.4. The number of amides is 1. The van der Waals surface area contributed by atoms with Crippen molar-refractivity contribution in [3.8, 4) is 0 Å². The van der Waals surface area contributed by atoms with Crippen LogP contribution in [0, 0.1) is 0 Å². The second-order valence-corrected chi connectivity index (χ2v) is 3.26. The van der Waals surface area contributed by atoms with Crippen molar-refractivity contribution >= 4 is 23.3 Å². The summed E-state index contributed by atoms with van der Waals surface area (Å²) in [4.78, 5) is 18.8. The molecule has 0 spiro atoms. The predicted molar refractivity (Wildman–Crippen MR) is 58.8 cm³/mol. The number of hydrogen-bond donors (Lipinski definition) is 2. The quantitative estimate of drug-likeness (QED) is 0.791. The standard InChI is InChI=1S/C9H13ClN4O/c1-2-12-8(15)3-4-13-9-7(10)5-11-6-14-9/h5-6H,2-4H2,1H3,(H,12,15)(H,11,13,14). The molecule has 1 aromatic rings. The molecule has 0 aliphatic carbocycles. The van der Waals surface area contributed by atoms with Crippen LogP contribution in [0.2, 0.25) is 5.02 Å². The molecule has 1 heterocycles. The van der Waals surface area contributed by atoms with Gasteiger partial charge in [-0.2, -0.15) is 0 Å². The maximum atomic E-state index is 11.1. The van der Waals surface area contributed by atoms with Gasteiger partial charge in [-0.15, -0.1) is 0 Å². The normalized spacial score (nSPS) is 9.73. The molecule has 0 unspecified atom stereocenters. The fourth-order valence-electron chi connectivity index (χ4n) is 1.02. The highest BCUT2D eigenvalue weighted by atomic mass is 35.5. The number of aromatic nitrogens is 2. The number of nitrogens with one attached hydrogen (secondary N) is 2. The predicted octanol–water partition coefficient (Wildman–Crippen LogP) is 1.07. The molecule has 0 saturated carbocycles. The third-order valence-electron chi connectivity index (χ3n) is 1.69. The Morgan fingerprint density at radius 1 is 1.60 bits per heavy atom. The van der Waals surface area contributed by atoms with Crippen molar-refractivity contribution in [2.24, 2.45) is 0 Å². The van der Waals surface area contributed by atoms with E-state index in [-0.39, 0.29) is 5.91 Å². The molecule has 2 N–H and O–H groups in total. The van der Waals surface area contributed by atoms with Crippen LogP contribution in [-0.2, 0) is 4.79 Å². The third-order valence-corrected chi connectivity index (χ3v) is 1.96. The molecule has 1 amide bonds. The largest absolute Gasteiger partial charge is 0.368 e. The monoisotopic (exact) mass is 228 g/mol. The van der Waals surface area contributed by atoms with Crippen LogP contribution >= 0.6 is 11.6 Å². The van der Waals surface area contributed by atoms with Gasteiger partial charge in [-0.25, -0.2) is 9.97 Å². The van der Waals surface area contributed by atoms with E-state index in [1.807, 2.05) is 6.92 Å². The van der Waals surface area contributed by atoms with Crippen LogP contribution in [0.15, 0.2) is 12.5 Å². The molecule has 6 heteroatoms. The number of carbonyl (C=O) groups excluding carboxylic acids is 1. The number of rotatable bonds is 5. The van der Waals surface area contributed by atoms with Crippen LogP contribution in [0.25, 0.3) is 0 Å². The Morgan fingerprint density at radius 2 is 2.40 bits per heavy atom. The zero-order valence-corrected chi connectivity index (χ0v) is 9.21. The lowest BCUT2D eigenvalue weighted by Gasteiger charge is -2.06. The van der Waals surface area contributed by atoms with Gasteiger partial charge in [0.25, 0.3) is 0 Å². The van der Waals surface area contributed by atoms with Gasteiger partial charge in [0.05, 0.1) is 6.20 Å². The van der Waals surface area contributed by atoms with E-state index in [9.17, 15) is 4.79 Å². The average Bonchev–Trinajstić information content (AvgIpc) is 2.21. The van der Waals surface area contributed by atoms with Crippen molar-refractivity contribution in [1.29, 1.82) is 0 Å². The highest BCUT2D eigenvalue weighted by Gasteiger charge is 2.02. The SMILES string of the molecule is CCNC(=O)CCNc1ncncc1Cl. The summed E-state index contributed by atoms with van der Waals surface area (Å²) in [7, 11) is 0. The first-order chi connectivity index (χ1) is 7.24. The summed E-state index contributed by atoms with van der Waals surface area (Å²) in [5.41, 5.74) is 0. The fraction of sp³-hybridized carbons (Fsp3) is 0.444. The highest BCUT2D eigenvalue weighted by Crippen LogP contribution is 2.15. The minimum Gasteiger partial charge on any atom is -0.368 e. The topological polar surface area (TPSA) is 66.9 Å². The van der Waals surface area contributed by atoms with E-state index in [4.69, 9.17) is 11.6 Å². The minimum absolute atomic E-state index is 0.00942. The summed E-state index contributed by atoms with van der Waals surface area (Å²) in [6.07, 6.45) is 3.30. The van der Waals surface area contributed by atoms with E-state index in [0.29, 0.717) is 30.4 Å². The Bertz CT molecular complexity index is 332.